The van der Waals surface area contributed by atoms with E-state index in [0.29, 0.717) is 11.8 Å². The van der Waals surface area contributed by atoms with Crippen LogP contribution in [0.1, 0.15) is 49.7 Å². The first-order chi connectivity index (χ1) is 11.5. The summed E-state index contributed by atoms with van der Waals surface area (Å²) in [5.41, 5.74) is 4.29. The zero-order valence-corrected chi connectivity index (χ0v) is 14.0. The fourth-order valence-corrected chi connectivity index (χ4v) is 3.33. The summed E-state index contributed by atoms with van der Waals surface area (Å²) in [6.07, 6.45) is 2.36. The Morgan fingerprint density at radius 2 is 1.04 bits per heavy atom. The van der Waals surface area contributed by atoms with Crippen molar-refractivity contribution in [3.05, 3.63) is 59.7 Å². The van der Waals surface area contributed by atoms with E-state index in [1.165, 1.54) is 37.8 Å². The van der Waals surface area contributed by atoms with Crippen LogP contribution in [0.15, 0.2) is 48.5 Å². The van der Waals surface area contributed by atoms with Crippen molar-refractivity contribution in [3.63, 3.8) is 0 Å². The molecule has 0 aromatic heterocycles. The van der Waals surface area contributed by atoms with Crippen molar-refractivity contribution in [2.45, 2.75) is 38.5 Å². The lowest BCUT2D eigenvalue weighted by Gasteiger charge is -2.37. The zero-order chi connectivity index (χ0) is 17.1. The van der Waals surface area contributed by atoms with Gasteiger partial charge in [-0.25, -0.2) is 0 Å². The average Bonchev–Trinajstić information content (AvgIpc) is 2.49. The normalized spacial score (nSPS) is 19.2. The lowest BCUT2D eigenvalue weighted by Crippen LogP contribution is -2.21. The molecule has 2 amide bonds. The van der Waals surface area contributed by atoms with Gasteiger partial charge in [0.15, 0.2) is 0 Å². The Morgan fingerprint density at radius 1 is 0.708 bits per heavy atom. The van der Waals surface area contributed by atoms with Gasteiger partial charge >= 0.3 is 0 Å². The molecular formula is C20H22N2O2. The van der Waals surface area contributed by atoms with Gasteiger partial charge in [-0.3, -0.25) is 9.59 Å². The molecule has 4 nitrogen and oxygen atoms in total. The smallest absolute Gasteiger partial charge is 0.221 e. The van der Waals surface area contributed by atoms with Crippen LogP contribution in [0.2, 0.25) is 0 Å². The third kappa shape index (κ3) is 3.65. The largest absolute Gasteiger partial charge is 0.326 e. The highest BCUT2D eigenvalue weighted by atomic mass is 16.2. The van der Waals surface area contributed by atoms with E-state index < -0.39 is 0 Å². The third-order valence-corrected chi connectivity index (χ3v) is 4.59. The van der Waals surface area contributed by atoms with E-state index in [-0.39, 0.29) is 11.8 Å². The van der Waals surface area contributed by atoms with E-state index in [9.17, 15) is 9.59 Å². The monoisotopic (exact) mass is 322 g/mol. The third-order valence-electron chi connectivity index (χ3n) is 4.59. The summed E-state index contributed by atoms with van der Waals surface area (Å²) in [7, 11) is 0. The second kappa shape index (κ2) is 6.87. The summed E-state index contributed by atoms with van der Waals surface area (Å²) in [4.78, 5) is 22.2. The van der Waals surface area contributed by atoms with Crippen molar-refractivity contribution < 1.29 is 9.59 Å². The summed E-state index contributed by atoms with van der Waals surface area (Å²) < 4.78 is 0. The van der Waals surface area contributed by atoms with E-state index in [1.807, 2.05) is 24.3 Å². The van der Waals surface area contributed by atoms with E-state index in [2.05, 4.69) is 34.9 Å². The predicted octanol–water partition coefficient (Wildman–Crippen LogP) is 4.26. The fourth-order valence-electron chi connectivity index (χ4n) is 3.33. The first-order valence-electron chi connectivity index (χ1n) is 8.28. The van der Waals surface area contributed by atoms with Gasteiger partial charge in [0.25, 0.3) is 0 Å². The molecule has 0 bridgehead atoms. The molecule has 1 aliphatic rings. The second-order valence-electron chi connectivity index (χ2n) is 6.40. The highest BCUT2D eigenvalue weighted by Crippen LogP contribution is 2.49. The molecule has 24 heavy (non-hydrogen) atoms. The average molecular weight is 322 g/mol. The van der Waals surface area contributed by atoms with Crippen LogP contribution >= 0.6 is 0 Å². The van der Waals surface area contributed by atoms with Crippen LogP contribution in [0.5, 0.6) is 0 Å². The highest BCUT2D eigenvalue weighted by Gasteiger charge is 2.33. The van der Waals surface area contributed by atoms with Gasteiger partial charge in [-0.15, -0.1) is 0 Å². The molecule has 0 radical (unpaired) electrons. The summed E-state index contributed by atoms with van der Waals surface area (Å²) in [6.45, 7) is 3.03. The van der Waals surface area contributed by atoms with Crippen LogP contribution in [0.25, 0.3) is 0 Å². The Hall–Kier alpha value is -2.62. The summed E-state index contributed by atoms with van der Waals surface area (Å²) in [6, 6.07) is 16.3. The zero-order valence-electron chi connectivity index (χ0n) is 14.0. The van der Waals surface area contributed by atoms with E-state index in [4.69, 9.17) is 0 Å². The lowest BCUT2D eigenvalue weighted by molar-refractivity contribution is -0.115. The van der Waals surface area contributed by atoms with E-state index >= 15 is 0 Å². The van der Waals surface area contributed by atoms with Crippen LogP contribution in [0.3, 0.4) is 0 Å². The van der Waals surface area contributed by atoms with Gasteiger partial charge in [0.2, 0.25) is 11.8 Å². The molecule has 3 rings (SSSR count). The maximum absolute atomic E-state index is 11.1. The number of hydrogen-bond donors (Lipinski definition) is 2. The molecule has 2 aromatic rings. The molecule has 0 saturated heterocycles. The van der Waals surface area contributed by atoms with E-state index in [0.717, 1.165) is 11.4 Å². The van der Waals surface area contributed by atoms with Gasteiger partial charge in [-0.05, 0) is 60.1 Å². The minimum atomic E-state index is -0.0523. The predicted molar refractivity (Wildman–Crippen MR) is 96.2 cm³/mol. The minimum absolute atomic E-state index is 0.0523. The van der Waals surface area contributed by atoms with Crippen molar-refractivity contribution in [1.29, 1.82) is 0 Å². The molecule has 2 atom stereocenters. The Balaban J connectivity index is 1.70. The number of benzene rings is 2. The number of anilines is 2. The van der Waals surface area contributed by atoms with Crippen molar-refractivity contribution in [2.75, 3.05) is 10.6 Å². The number of carbonyl (C=O) groups excluding carboxylic acids is 2. The maximum Gasteiger partial charge on any atom is 0.221 e. The molecule has 0 heterocycles. The van der Waals surface area contributed by atoms with Crippen molar-refractivity contribution in [2.24, 2.45) is 0 Å². The molecular weight excluding hydrogens is 300 g/mol. The maximum atomic E-state index is 11.1. The van der Waals surface area contributed by atoms with Crippen LogP contribution < -0.4 is 10.6 Å². The molecule has 4 heteroatoms. The van der Waals surface area contributed by atoms with Crippen molar-refractivity contribution in [3.8, 4) is 0 Å². The number of rotatable bonds is 4. The minimum Gasteiger partial charge on any atom is -0.326 e. The second-order valence-corrected chi connectivity index (χ2v) is 6.40. The van der Waals surface area contributed by atoms with Crippen LogP contribution in [-0.2, 0) is 9.59 Å². The van der Waals surface area contributed by atoms with Crippen LogP contribution in [0.4, 0.5) is 11.4 Å². The summed E-state index contributed by atoms with van der Waals surface area (Å²) in [5.74, 6) is 0.929. The first-order valence-corrected chi connectivity index (χ1v) is 8.28. The Morgan fingerprint density at radius 3 is 1.29 bits per heavy atom. The fraction of sp³-hybridized carbons (Fsp3) is 0.300. The molecule has 1 aliphatic carbocycles. The van der Waals surface area contributed by atoms with E-state index in [1.54, 1.807) is 0 Å². The number of nitrogens with one attached hydrogen (secondary N) is 2. The van der Waals surface area contributed by atoms with Gasteiger partial charge in [-0.1, -0.05) is 24.3 Å². The standard InChI is InChI=1S/C20H22N2O2/c1-13(23)21-17-7-3-15(4-8-17)19-11-12-20(19)16-5-9-18(10-6-16)22-14(2)24/h3-10,19-20H,11-12H2,1-2H3,(H,21,23)(H,22,24). The Kier molecular flexibility index (Phi) is 4.65. The number of carbonyl (C=O) groups is 2. The first kappa shape index (κ1) is 16.2. The summed E-state index contributed by atoms with van der Waals surface area (Å²) in [5, 5.41) is 5.60. The molecule has 124 valence electrons. The molecule has 0 spiro atoms. The van der Waals surface area contributed by atoms with Gasteiger partial charge in [0.1, 0.15) is 0 Å². The number of amides is 2. The SMILES string of the molecule is CC(=O)Nc1ccc(C2CCC2c2ccc(NC(C)=O)cc2)cc1. The van der Waals surface area contributed by atoms with Gasteiger partial charge in [0.05, 0.1) is 0 Å². The Bertz CT molecular complexity index is 670. The molecule has 2 aromatic carbocycles. The van der Waals surface area contributed by atoms with Crippen LogP contribution in [-0.4, -0.2) is 11.8 Å². The number of hydrogen-bond acceptors (Lipinski definition) is 2. The Labute approximate surface area is 142 Å². The highest BCUT2D eigenvalue weighted by molar-refractivity contribution is 5.89. The molecule has 2 N–H and O–H groups in total. The topological polar surface area (TPSA) is 58.2 Å². The molecule has 0 aliphatic heterocycles. The van der Waals surface area contributed by atoms with Crippen molar-refractivity contribution >= 4 is 23.2 Å². The van der Waals surface area contributed by atoms with Crippen molar-refractivity contribution in [1.82, 2.24) is 0 Å². The molecule has 1 saturated carbocycles. The lowest BCUT2D eigenvalue weighted by atomic mass is 9.67. The summed E-state index contributed by atoms with van der Waals surface area (Å²) >= 11 is 0. The molecule has 1 fully saturated rings. The van der Waals surface area contributed by atoms with Gasteiger partial charge in [-0.2, -0.15) is 0 Å². The van der Waals surface area contributed by atoms with Crippen LogP contribution in [0, 0.1) is 0 Å². The molecule has 2 unspecified atom stereocenters. The van der Waals surface area contributed by atoms with Gasteiger partial charge in [0, 0.05) is 25.2 Å². The quantitative estimate of drug-likeness (QED) is 0.883. The van der Waals surface area contributed by atoms with Gasteiger partial charge < -0.3 is 10.6 Å².